The molecule has 0 bridgehead atoms. The molecule has 0 unspecified atom stereocenters. The van der Waals surface area contributed by atoms with Crippen LogP contribution in [0.3, 0.4) is 0 Å². The van der Waals surface area contributed by atoms with Gasteiger partial charge in [-0.1, -0.05) is 17.7 Å². The van der Waals surface area contributed by atoms with E-state index in [0.29, 0.717) is 5.56 Å². The van der Waals surface area contributed by atoms with Crippen LogP contribution in [0.1, 0.15) is 36.7 Å². The van der Waals surface area contributed by atoms with Crippen LogP contribution in [0.25, 0.3) is 0 Å². The van der Waals surface area contributed by atoms with E-state index in [-0.39, 0.29) is 12.5 Å². The minimum absolute atomic E-state index is 0.121. The molecular formula is C14H19NO3. The average Bonchev–Trinajstić information content (AvgIpc) is 2.24. The fourth-order valence-electron chi connectivity index (χ4n) is 1.34. The fourth-order valence-corrected chi connectivity index (χ4v) is 1.34. The van der Waals surface area contributed by atoms with Crippen molar-refractivity contribution in [2.75, 3.05) is 6.54 Å². The zero-order chi connectivity index (χ0) is 13.8. The van der Waals surface area contributed by atoms with Crippen molar-refractivity contribution in [3.05, 3.63) is 35.4 Å². The lowest BCUT2D eigenvalue weighted by atomic mass is 10.1. The molecule has 1 amide bonds. The number of rotatable bonds is 3. The second kappa shape index (κ2) is 5.67. The minimum atomic E-state index is -0.536. The number of carbonyl (C=O) groups excluding carboxylic acids is 2. The van der Waals surface area contributed by atoms with E-state index >= 15 is 0 Å². The third kappa shape index (κ3) is 4.99. The van der Waals surface area contributed by atoms with E-state index in [1.807, 2.05) is 19.1 Å². The van der Waals surface area contributed by atoms with Gasteiger partial charge in [-0.05, 0) is 39.8 Å². The first-order chi connectivity index (χ1) is 8.28. The number of carbonyl (C=O) groups is 2. The summed E-state index contributed by atoms with van der Waals surface area (Å²) in [5.74, 6) is -0.719. The predicted octanol–water partition coefficient (Wildman–Crippen LogP) is 2.07. The van der Waals surface area contributed by atoms with Crippen LogP contribution in [0, 0.1) is 6.92 Å². The number of hydrogen-bond acceptors (Lipinski definition) is 3. The van der Waals surface area contributed by atoms with Crippen molar-refractivity contribution in [1.29, 1.82) is 0 Å². The molecule has 1 aromatic carbocycles. The van der Waals surface area contributed by atoms with Crippen LogP contribution in [-0.4, -0.2) is 24.0 Å². The summed E-state index contributed by atoms with van der Waals surface area (Å²) < 4.78 is 5.09. The van der Waals surface area contributed by atoms with Crippen LogP contribution in [0.15, 0.2) is 24.3 Å². The van der Waals surface area contributed by atoms with Gasteiger partial charge >= 0.3 is 5.97 Å². The van der Waals surface area contributed by atoms with E-state index in [2.05, 4.69) is 5.32 Å². The summed E-state index contributed by atoms with van der Waals surface area (Å²) in [5, 5.41) is 2.53. The molecule has 4 heteroatoms. The van der Waals surface area contributed by atoms with Crippen molar-refractivity contribution < 1.29 is 14.3 Å². The Bertz CT molecular complexity index is 429. The van der Waals surface area contributed by atoms with Gasteiger partial charge in [0.05, 0.1) is 0 Å². The maximum Gasteiger partial charge on any atom is 0.325 e. The number of ether oxygens (including phenoxy) is 1. The van der Waals surface area contributed by atoms with Gasteiger partial charge in [0.25, 0.3) is 5.91 Å². The van der Waals surface area contributed by atoms with E-state index in [9.17, 15) is 9.59 Å². The molecule has 98 valence electrons. The number of hydrogen-bond donors (Lipinski definition) is 1. The molecule has 0 radical (unpaired) electrons. The topological polar surface area (TPSA) is 55.4 Å². The second-order valence-electron chi connectivity index (χ2n) is 5.14. The molecular weight excluding hydrogens is 230 g/mol. The van der Waals surface area contributed by atoms with Crippen LogP contribution in [-0.2, 0) is 9.53 Å². The maximum atomic E-state index is 11.7. The summed E-state index contributed by atoms with van der Waals surface area (Å²) in [6.07, 6.45) is 0. The average molecular weight is 249 g/mol. The lowest BCUT2D eigenvalue weighted by Crippen LogP contribution is -2.34. The van der Waals surface area contributed by atoms with Gasteiger partial charge < -0.3 is 10.1 Å². The first-order valence-corrected chi connectivity index (χ1v) is 5.84. The van der Waals surface area contributed by atoms with Gasteiger partial charge in [0.15, 0.2) is 0 Å². The molecule has 0 atom stereocenters. The molecule has 0 spiro atoms. The molecule has 0 aromatic heterocycles. The zero-order valence-corrected chi connectivity index (χ0v) is 11.2. The Morgan fingerprint density at radius 1 is 1.17 bits per heavy atom. The highest BCUT2D eigenvalue weighted by molar-refractivity contribution is 5.95. The van der Waals surface area contributed by atoms with E-state index in [1.165, 1.54) is 0 Å². The Balaban J connectivity index is 2.47. The number of aryl methyl sites for hydroxylation is 1. The van der Waals surface area contributed by atoms with Crippen molar-refractivity contribution in [2.24, 2.45) is 0 Å². The summed E-state index contributed by atoms with van der Waals surface area (Å²) in [5.41, 5.74) is 1.08. The number of esters is 1. The fraction of sp³-hybridized carbons (Fsp3) is 0.429. The van der Waals surface area contributed by atoms with Gasteiger partial charge in [-0.25, -0.2) is 0 Å². The van der Waals surface area contributed by atoms with Gasteiger partial charge in [-0.2, -0.15) is 0 Å². The molecule has 18 heavy (non-hydrogen) atoms. The van der Waals surface area contributed by atoms with Crippen LogP contribution in [0.5, 0.6) is 0 Å². The standard InChI is InChI=1S/C14H19NO3/c1-10-5-7-11(8-6-10)13(17)15-9-12(16)18-14(2,3)4/h5-8H,9H2,1-4H3,(H,15,17). The predicted molar refractivity (Wildman–Crippen MR) is 69.4 cm³/mol. The van der Waals surface area contributed by atoms with Crippen LogP contribution < -0.4 is 5.32 Å². The van der Waals surface area contributed by atoms with Gasteiger partial charge in [0.1, 0.15) is 12.1 Å². The molecule has 0 aliphatic carbocycles. The number of nitrogens with one attached hydrogen (secondary N) is 1. The largest absolute Gasteiger partial charge is 0.459 e. The molecule has 4 nitrogen and oxygen atoms in total. The third-order valence-electron chi connectivity index (χ3n) is 2.13. The zero-order valence-electron chi connectivity index (χ0n) is 11.2. The Morgan fingerprint density at radius 2 is 1.72 bits per heavy atom. The van der Waals surface area contributed by atoms with Crippen LogP contribution in [0.4, 0.5) is 0 Å². The quantitative estimate of drug-likeness (QED) is 0.834. The first kappa shape index (κ1) is 14.2. The monoisotopic (exact) mass is 249 g/mol. The molecule has 1 rings (SSSR count). The minimum Gasteiger partial charge on any atom is -0.459 e. The summed E-state index contributed by atoms with van der Waals surface area (Å²) in [6.45, 7) is 7.18. The van der Waals surface area contributed by atoms with Crippen molar-refractivity contribution in [1.82, 2.24) is 5.32 Å². The van der Waals surface area contributed by atoms with Crippen molar-refractivity contribution in [3.63, 3.8) is 0 Å². The summed E-state index contributed by atoms with van der Waals surface area (Å²) in [7, 11) is 0. The third-order valence-corrected chi connectivity index (χ3v) is 2.13. The van der Waals surface area contributed by atoms with E-state index < -0.39 is 11.6 Å². The highest BCUT2D eigenvalue weighted by Crippen LogP contribution is 2.06. The highest BCUT2D eigenvalue weighted by atomic mass is 16.6. The Morgan fingerprint density at radius 3 is 2.22 bits per heavy atom. The van der Waals surface area contributed by atoms with Crippen molar-refractivity contribution in [2.45, 2.75) is 33.3 Å². The molecule has 0 aliphatic heterocycles. The molecule has 1 aromatic rings. The number of benzene rings is 1. The number of amides is 1. The van der Waals surface area contributed by atoms with Crippen LogP contribution in [0.2, 0.25) is 0 Å². The van der Waals surface area contributed by atoms with Gasteiger partial charge in [-0.3, -0.25) is 9.59 Å². The Kier molecular flexibility index (Phi) is 4.48. The summed E-state index contributed by atoms with van der Waals surface area (Å²) >= 11 is 0. The van der Waals surface area contributed by atoms with E-state index in [4.69, 9.17) is 4.74 Å². The Labute approximate surface area is 107 Å². The molecule has 0 saturated heterocycles. The molecule has 0 fully saturated rings. The lowest BCUT2D eigenvalue weighted by molar-refractivity contribution is -0.153. The first-order valence-electron chi connectivity index (χ1n) is 5.84. The SMILES string of the molecule is Cc1ccc(C(=O)NCC(=O)OC(C)(C)C)cc1. The smallest absolute Gasteiger partial charge is 0.325 e. The van der Waals surface area contributed by atoms with Crippen molar-refractivity contribution in [3.8, 4) is 0 Å². The molecule has 0 aliphatic rings. The lowest BCUT2D eigenvalue weighted by Gasteiger charge is -2.19. The van der Waals surface area contributed by atoms with Gasteiger partial charge in [0.2, 0.25) is 0 Å². The highest BCUT2D eigenvalue weighted by Gasteiger charge is 2.16. The van der Waals surface area contributed by atoms with Crippen LogP contribution >= 0.6 is 0 Å². The van der Waals surface area contributed by atoms with Crippen molar-refractivity contribution >= 4 is 11.9 Å². The molecule has 0 saturated carbocycles. The maximum absolute atomic E-state index is 11.7. The summed E-state index contributed by atoms with van der Waals surface area (Å²) in [4.78, 5) is 23.1. The normalized spacial score (nSPS) is 10.9. The Hall–Kier alpha value is -1.84. The second-order valence-corrected chi connectivity index (χ2v) is 5.14. The van der Waals surface area contributed by atoms with E-state index in [1.54, 1.807) is 32.9 Å². The van der Waals surface area contributed by atoms with Gasteiger partial charge in [-0.15, -0.1) is 0 Å². The summed E-state index contributed by atoms with van der Waals surface area (Å²) in [6, 6.07) is 7.14. The molecule has 0 heterocycles. The van der Waals surface area contributed by atoms with E-state index in [0.717, 1.165) is 5.56 Å². The molecule has 1 N–H and O–H groups in total. The van der Waals surface area contributed by atoms with Gasteiger partial charge in [0, 0.05) is 5.56 Å².